The maximum Gasteiger partial charge on any atom is 0.227 e. The maximum absolute atomic E-state index is 7.52. The Morgan fingerprint density at radius 1 is 1.29 bits per heavy atom. The summed E-state index contributed by atoms with van der Waals surface area (Å²) in [6, 6.07) is 9.78. The van der Waals surface area contributed by atoms with Crippen LogP contribution in [-0.4, -0.2) is 60.2 Å². The molecule has 3 heterocycles. The Bertz CT molecular complexity index is 1500. The van der Waals surface area contributed by atoms with Gasteiger partial charge in [0.1, 0.15) is 12.4 Å². The SMILES string of the molecule is [2H]C([2H])([2H])N(C)CCN(C)c1cc(C)c(Nc2ncc(Cl)c(-c3cn4c5c(cccc35)OCC4)n2)cc1N. The summed E-state index contributed by atoms with van der Waals surface area (Å²) in [5, 5.41) is 4.76. The quantitative estimate of drug-likeness (QED) is 0.358. The van der Waals surface area contributed by atoms with E-state index in [1.807, 2.05) is 49.2 Å². The fourth-order valence-corrected chi connectivity index (χ4v) is 4.59. The molecule has 0 fully saturated rings. The minimum Gasteiger partial charge on any atom is -0.490 e. The number of nitrogen functional groups attached to an aromatic ring is 1. The predicted molar refractivity (Wildman–Crippen MR) is 144 cm³/mol. The fourth-order valence-electron chi connectivity index (χ4n) is 4.39. The number of aromatic nitrogens is 3. The van der Waals surface area contributed by atoms with E-state index >= 15 is 0 Å². The van der Waals surface area contributed by atoms with E-state index in [-0.39, 0.29) is 0 Å². The summed E-state index contributed by atoms with van der Waals surface area (Å²) >= 11 is 6.58. The molecule has 8 nitrogen and oxygen atoms in total. The van der Waals surface area contributed by atoms with Gasteiger partial charge in [-0.05, 0) is 44.7 Å². The van der Waals surface area contributed by atoms with Gasteiger partial charge < -0.3 is 30.2 Å². The van der Waals surface area contributed by atoms with Gasteiger partial charge in [-0.15, -0.1) is 0 Å². The van der Waals surface area contributed by atoms with Crippen LogP contribution < -0.4 is 20.7 Å². The predicted octanol–water partition coefficient (Wildman–Crippen LogP) is 4.78. The number of nitrogens with two attached hydrogens (primary N) is 1. The van der Waals surface area contributed by atoms with Crippen molar-refractivity contribution >= 4 is 45.5 Å². The van der Waals surface area contributed by atoms with Crippen molar-refractivity contribution in [2.24, 2.45) is 0 Å². The van der Waals surface area contributed by atoms with Crippen LogP contribution in [0, 0.1) is 6.92 Å². The molecule has 0 amide bonds. The molecule has 182 valence electrons. The van der Waals surface area contributed by atoms with Gasteiger partial charge in [-0.2, -0.15) is 0 Å². The van der Waals surface area contributed by atoms with Crippen molar-refractivity contribution < 1.29 is 8.85 Å². The molecule has 2 aromatic carbocycles. The summed E-state index contributed by atoms with van der Waals surface area (Å²) in [4.78, 5) is 12.5. The zero-order chi connectivity index (χ0) is 27.2. The number of likely N-dealkylation sites (N-methyl/N-ethyl adjacent to an activating group) is 2. The van der Waals surface area contributed by atoms with E-state index in [0.29, 0.717) is 42.0 Å². The molecule has 9 heteroatoms. The second-order valence-corrected chi connectivity index (χ2v) is 9.23. The van der Waals surface area contributed by atoms with Crippen LogP contribution >= 0.6 is 11.6 Å². The molecule has 0 spiro atoms. The van der Waals surface area contributed by atoms with Crippen LogP contribution in [0.5, 0.6) is 5.75 Å². The number of benzene rings is 2. The Hall–Kier alpha value is -3.49. The largest absolute Gasteiger partial charge is 0.490 e. The number of halogens is 1. The van der Waals surface area contributed by atoms with Crippen LogP contribution in [0.2, 0.25) is 5.02 Å². The lowest BCUT2D eigenvalue weighted by atomic mass is 10.1. The molecule has 0 atom stereocenters. The molecule has 0 radical (unpaired) electrons. The number of aryl methyl sites for hydroxylation is 1. The molecule has 3 N–H and O–H groups in total. The highest BCUT2D eigenvalue weighted by molar-refractivity contribution is 6.33. The molecule has 4 aromatic rings. The number of hydrogen-bond acceptors (Lipinski definition) is 7. The van der Waals surface area contributed by atoms with E-state index in [9.17, 15) is 0 Å². The number of ether oxygens (including phenoxy) is 1. The van der Waals surface area contributed by atoms with Gasteiger partial charge >= 0.3 is 0 Å². The standard InChI is InChI=1S/C26H30ClN7O/c1-16-12-22(33(4)9-8-32(2)3)20(28)13-21(16)30-26-29-14-19(27)24(31-26)18-15-34-10-11-35-23-7-5-6-17(18)25(23)34/h5-7,12-15H,8-11,28H2,1-4H3,(H,29,30,31)/i2D3. The van der Waals surface area contributed by atoms with Crippen LogP contribution in [0.25, 0.3) is 22.2 Å². The average molecular weight is 495 g/mol. The number of nitrogens with one attached hydrogen (secondary N) is 1. The first-order valence-electron chi connectivity index (χ1n) is 12.9. The number of hydrogen-bond donors (Lipinski definition) is 2. The van der Waals surface area contributed by atoms with Crippen molar-refractivity contribution in [2.75, 3.05) is 56.7 Å². The highest BCUT2D eigenvalue weighted by Gasteiger charge is 2.21. The average Bonchev–Trinajstić information content (AvgIpc) is 3.25. The third kappa shape index (κ3) is 4.47. The molecule has 35 heavy (non-hydrogen) atoms. The third-order valence-electron chi connectivity index (χ3n) is 6.25. The molecule has 2 aromatic heterocycles. The van der Waals surface area contributed by atoms with E-state index in [1.54, 1.807) is 13.2 Å². The van der Waals surface area contributed by atoms with Crippen molar-refractivity contribution in [3.05, 3.63) is 53.3 Å². The normalized spacial score (nSPS) is 14.4. The Labute approximate surface area is 214 Å². The lowest BCUT2D eigenvalue weighted by Gasteiger charge is -2.24. The van der Waals surface area contributed by atoms with Gasteiger partial charge in [0.2, 0.25) is 5.95 Å². The number of para-hydroxylation sites is 1. The Kier molecular flexibility index (Phi) is 5.24. The summed E-state index contributed by atoms with van der Waals surface area (Å²) in [5.41, 5.74) is 12.1. The summed E-state index contributed by atoms with van der Waals surface area (Å²) in [5.74, 6) is 1.25. The summed E-state index contributed by atoms with van der Waals surface area (Å²) in [6.45, 7) is 2.09. The zero-order valence-electron chi connectivity index (χ0n) is 23.0. The first-order valence-corrected chi connectivity index (χ1v) is 11.8. The van der Waals surface area contributed by atoms with Gasteiger partial charge in [-0.3, -0.25) is 0 Å². The number of nitrogens with zero attached hydrogens (tertiary/aromatic N) is 5. The molecule has 0 saturated carbocycles. The Morgan fingerprint density at radius 3 is 2.97 bits per heavy atom. The second kappa shape index (κ2) is 9.28. The van der Waals surface area contributed by atoms with E-state index in [2.05, 4.69) is 21.1 Å². The minimum atomic E-state index is -2.13. The highest BCUT2D eigenvalue weighted by atomic mass is 35.5. The molecule has 0 saturated heterocycles. The van der Waals surface area contributed by atoms with Crippen molar-refractivity contribution in [1.29, 1.82) is 0 Å². The first-order chi connectivity index (χ1) is 18.0. The van der Waals surface area contributed by atoms with Crippen molar-refractivity contribution in [3.8, 4) is 17.0 Å². The lowest BCUT2D eigenvalue weighted by Crippen LogP contribution is -2.29. The first kappa shape index (κ1) is 19.8. The Morgan fingerprint density at radius 2 is 2.14 bits per heavy atom. The fraction of sp³-hybridized carbons (Fsp3) is 0.308. The molecule has 0 aliphatic carbocycles. The van der Waals surface area contributed by atoms with Gasteiger partial charge in [0, 0.05) is 47.1 Å². The van der Waals surface area contributed by atoms with Crippen molar-refractivity contribution in [3.63, 3.8) is 0 Å². The zero-order valence-corrected chi connectivity index (χ0v) is 20.7. The summed E-state index contributed by atoms with van der Waals surface area (Å²) in [6.07, 6.45) is 3.66. The molecule has 1 aliphatic heterocycles. The van der Waals surface area contributed by atoms with Crippen LogP contribution in [-0.2, 0) is 6.54 Å². The number of anilines is 4. The topological polar surface area (TPSA) is 84.5 Å². The van der Waals surface area contributed by atoms with Gasteiger partial charge in [-0.1, -0.05) is 23.7 Å². The number of rotatable bonds is 7. The molecular weight excluding hydrogens is 462 g/mol. The van der Waals surface area contributed by atoms with Crippen LogP contribution in [0.15, 0.2) is 42.7 Å². The van der Waals surface area contributed by atoms with Crippen molar-refractivity contribution in [1.82, 2.24) is 19.4 Å². The second-order valence-electron chi connectivity index (χ2n) is 8.82. The molecule has 1 aliphatic rings. The Balaban J connectivity index is 1.40. The maximum atomic E-state index is 7.52. The summed E-state index contributed by atoms with van der Waals surface area (Å²) in [7, 11) is 3.48. The molecule has 0 bridgehead atoms. The minimum absolute atomic E-state index is 0.372. The van der Waals surface area contributed by atoms with Gasteiger partial charge in [0.25, 0.3) is 0 Å². The van der Waals surface area contributed by atoms with Gasteiger partial charge in [0.15, 0.2) is 0 Å². The smallest absolute Gasteiger partial charge is 0.227 e. The third-order valence-corrected chi connectivity index (χ3v) is 6.53. The van der Waals surface area contributed by atoms with E-state index in [0.717, 1.165) is 45.7 Å². The molecule has 5 rings (SSSR count). The highest BCUT2D eigenvalue weighted by Crippen LogP contribution is 2.39. The van der Waals surface area contributed by atoms with E-state index < -0.39 is 6.98 Å². The van der Waals surface area contributed by atoms with Gasteiger partial charge in [-0.25, -0.2) is 9.97 Å². The summed E-state index contributed by atoms with van der Waals surface area (Å²) < 4.78 is 30.6. The molecule has 0 unspecified atom stereocenters. The van der Waals surface area contributed by atoms with Crippen LogP contribution in [0.1, 0.15) is 9.68 Å². The monoisotopic (exact) mass is 494 g/mol. The lowest BCUT2D eigenvalue weighted by molar-refractivity contribution is 0.287. The van der Waals surface area contributed by atoms with E-state index in [1.165, 1.54) is 4.90 Å². The van der Waals surface area contributed by atoms with Crippen molar-refractivity contribution in [2.45, 2.75) is 13.5 Å². The van der Waals surface area contributed by atoms with E-state index in [4.69, 9.17) is 31.2 Å². The van der Waals surface area contributed by atoms with Crippen LogP contribution in [0.4, 0.5) is 23.0 Å². The van der Waals surface area contributed by atoms with Gasteiger partial charge in [0.05, 0.1) is 40.3 Å². The van der Waals surface area contributed by atoms with Crippen LogP contribution in [0.3, 0.4) is 0 Å². The molecular formula is C26H30ClN7O.